The van der Waals surface area contributed by atoms with Crippen LogP contribution in [0, 0.1) is 6.92 Å². The molecule has 0 saturated carbocycles. The fraction of sp³-hybridized carbons (Fsp3) is 0.125. The molecule has 4 rings (SSSR count). The zero-order chi connectivity index (χ0) is 24.4. The lowest BCUT2D eigenvalue weighted by Crippen LogP contribution is -2.29. The van der Waals surface area contributed by atoms with E-state index >= 15 is 0 Å². The molecule has 0 radical (unpaired) electrons. The van der Waals surface area contributed by atoms with Crippen molar-refractivity contribution in [3.05, 3.63) is 93.7 Å². The molecule has 172 valence electrons. The third-order valence-electron chi connectivity index (χ3n) is 5.07. The minimum absolute atomic E-state index is 0.0183. The molecule has 1 atom stereocenters. The van der Waals surface area contributed by atoms with Crippen molar-refractivity contribution < 1.29 is 24.2 Å². The first-order valence-electron chi connectivity index (χ1n) is 10.1. The van der Waals surface area contributed by atoms with Crippen LogP contribution >= 0.6 is 22.9 Å². The third-order valence-corrected chi connectivity index (χ3v) is 6.44. The van der Waals surface area contributed by atoms with Gasteiger partial charge in [0.05, 0.1) is 17.3 Å². The summed E-state index contributed by atoms with van der Waals surface area (Å²) in [5.41, 5.74) is 1.03. The van der Waals surface area contributed by atoms with Crippen molar-refractivity contribution in [3.63, 3.8) is 0 Å². The van der Waals surface area contributed by atoms with E-state index in [-0.39, 0.29) is 27.9 Å². The summed E-state index contributed by atoms with van der Waals surface area (Å²) < 4.78 is 5.10. The molecule has 1 unspecified atom stereocenters. The van der Waals surface area contributed by atoms with Crippen molar-refractivity contribution in [1.29, 1.82) is 0 Å². The molecule has 0 bridgehead atoms. The van der Waals surface area contributed by atoms with Crippen LogP contribution in [0.3, 0.4) is 0 Å². The van der Waals surface area contributed by atoms with Crippen molar-refractivity contribution in [2.75, 3.05) is 11.5 Å². The molecule has 3 aromatic rings. The molecule has 1 aromatic carbocycles. The lowest BCUT2D eigenvalue weighted by atomic mass is 9.96. The zero-order valence-electron chi connectivity index (χ0n) is 17.9. The second kappa shape index (κ2) is 9.58. The zero-order valence-corrected chi connectivity index (χ0v) is 19.5. The number of halogens is 1. The van der Waals surface area contributed by atoms with Crippen LogP contribution in [0.2, 0.25) is 5.02 Å². The number of pyridine rings is 1. The molecule has 1 aliphatic heterocycles. The Morgan fingerprint density at radius 1 is 1.29 bits per heavy atom. The van der Waals surface area contributed by atoms with Crippen LogP contribution in [0.5, 0.6) is 0 Å². The first-order valence-corrected chi connectivity index (χ1v) is 11.2. The molecular weight excluding hydrogens is 478 g/mol. The summed E-state index contributed by atoms with van der Waals surface area (Å²) in [6.07, 6.45) is 4.36. The molecule has 1 fully saturated rings. The first-order chi connectivity index (χ1) is 16.3. The third kappa shape index (κ3) is 4.23. The summed E-state index contributed by atoms with van der Waals surface area (Å²) in [7, 11) is 0. The molecule has 3 heterocycles. The van der Waals surface area contributed by atoms with E-state index in [1.807, 2.05) is 0 Å². The number of carbonyl (C=O) groups is 3. The number of hydrogen-bond donors (Lipinski definition) is 1. The number of aromatic nitrogens is 2. The van der Waals surface area contributed by atoms with Gasteiger partial charge in [0.25, 0.3) is 5.78 Å². The monoisotopic (exact) mass is 495 g/mol. The van der Waals surface area contributed by atoms with Crippen molar-refractivity contribution in [1.82, 2.24) is 9.97 Å². The van der Waals surface area contributed by atoms with Gasteiger partial charge in [-0.3, -0.25) is 19.5 Å². The maximum Gasteiger partial charge on any atom is 0.350 e. The molecule has 1 amide bonds. The van der Waals surface area contributed by atoms with Gasteiger partial charge in [0.2, 0.25) is 0 Å². The van der Waals surface area contributed by atoms with Gasteiger partial charge < -0.3 is 9.84 Å². The van der Waals surface area contributed by atoms with Crippen molar-refractivity contribution in [2.45, 2.75) is 13.0 Å². The summed E-state index contributed by atoms with van der Waals surface area (Å²) >= 11 is 7.11. The number of hydrogen-bond acceptors (Lipinski definition) is 8. The molecule has 0 spiro atoms. The Morgan fingerprint density at radius 3 is 2.71 bits per heavy atom. The molecule has 10 heteroatoms. The second-order valence-electron chi connectivity index (χ2n) is 7.26. The number of rotatable bonds is 6. The summed E-state index contributed by atoms with van der Waals surface area (Å²) in [5, 5.41) is 11.5. The quantitative estimate of drug-likeness (QED) is 0.176. The van der Waals surface area contributed by atoms with Gasteiger partial charge in [-0.15, -0.1) is 0 Å². The van der Waals surface area contributed by atoms with Gasteiger partial charge >= 0.3 is 11.9 Å². The number of nitrogens with zero attached hydrogens (tertiary/aromatic N) is 3. The fourth-order valence-corrected chi connectivity index (χ4v) is 4.75. The molecular formula is C24H18ClN3O5S. The number of Topliss-reactive ketones (excluding diaryl/α,β-unsaturated/α-hetero) is 1. The normalized spacial score (nSPS) is 17.1. The number of benzene rings is 1. The lowest BCUT2D eigenvalue weighted by Gasteiger charge is -2.23. The van der Waals surface area contributed by atoms with E-state index in [1.54, 1.807) is 31.2 Å². The van der Waals surface area contributed by atoms with Crippen molar-refractivity contribution in [2.24, 2.45) is 0 Å². The number of thiazole rings is 1. The van der Waals surface area contributed by atoms with E-state index in [0.29, 0.717) is 21.8 Å². The number of carbonyl (C=O) groups excluding carboxylic acids is 3. The summed E-state index contributed by atoms with van der Waals surface area (Å²) in [6, 6.07) is 8.66. The highest BCUT2D eigenvalue weighted by Crippen LogP contribution is 2.44. The Kier molecular flexibility index (Phi) is 6.58. The van der Waals surface area contributed by atoms with E-state index in [4.69, 9.17) is 16.3 Å². The Balaban J connectivity index is 1.89. The topological polar surface area (TPSA) is 110 Å². The summed E-state index contributed by atoms with van der Waals surface area (Å²) in [4.78, 5) is 48.4. The van der Waals surface area contributed by atoms with Crippen LogP contribution in [0.15, 0.2) is 67.0 Å². The minimum Gasteiger partial charge on any atom is -0.507 e. The Hall–Kier alpha value is -3.82. The van der Waals surface area contributed by atoms with Crippen molar-refractivity contribution >= 4 is 51.5 Å². The van der Waals surface area contributed by atoms with E-state index in [0.717, 1.165) is 11.3 Å². The van der Waals surface area contributed by atoms with E-state index in [9.17, 15) is 19.5 Å². The van der Waals surface area contributed by atoms with Gasteiger partial charge in [0.15, 0.2) is 5.13 Å². The Morgan fingerprint density at radius 2 is 2.03 bits per heavy atom. The van der Waals surface area contributed by atoms with Crippen LogP contribution in [0.25, 0.3) is 5.76 Å². The molecule has 34 heavy (non-hydrogen) atoms. The predicted octanol–water partition coefficient (Wildman–Crippen LogP) is 4.47. The summed E-state index contributed by atoms with van der Waals surface area (Å²) in [5.74, 6) is -2.75. The maximum absolute atomic E-state index is 13.2. The highest BCUT2D eigenvalue weighted by molar-refractivity contribution is 7.17. The standard InChI is InChI=1S/C24H18ClN3O5S/c1-3-11-33-23(32)21-13(2)27-24(34-21)28-18(15-5-4-6-16(25)12-15)17(20(30)22(28)31)19(29)14-7-9-26-10-8-14/h3-10,12,18,29H,1,11H2,2H3. The van der Waals surface area contributed by atoms with E-state index in [2.05, 4.69) is 16.5 Å². The number of ketones is 1. The molecule has 1 saturated heterocycles. The number of aliphatic hydroxyl groups is 1. The highest BCUT2D eigenvalue weighted by atomic mass is 35.5. The Bertz CT molecular complexity index is 1340. The Labute approximate surface area is 203 Å². The average Bonchev–Trinajstić information content (AvgIpc) is 3.34. The SMILES string of the molecule is C=CCOC(=O)c1sc(N2C(=O)C(=O)C(=C(O)c3ccncc3)C2c2cccc(Cl)c2)nc1C. The second-order valence-corrected chi connectivity index (χ2v) is 8.67. The molecule has 0 aliphatic carbocycles. The van der Waals surface area contributed by atoms with Crippen LogP contribution in [-0.2, 0) is 14.3 Å². The van der Waals surface area contributed by atoms with Gasteiger partial charge in [-0.05, 0) is 36.8 Å². The van der Waals surface area contributed by atoms with Crippen LogP contribution < -0.4 is 4.90 Å². The first kappa shape index (κ1) is 23.3. The molecule has 8 nitrogen and oxygen atoms in total. The largest absolute Gasteiger partial charge is 0.507 e. The number of anilines is 1. The number of ether oxygens (including phenoxy) is 1. The molecule has 1 aliphatic rings. The van der Waals surface area contributed by atoms with Gasteiger partial charge in [-0.1, -0.05) is 47.7 Å². The number of amides is 1. The van der Waals surface area contributed by atoms with Crippen LogP contribution in [0.4, 0.5) is 5.13 Å². The molecule has 2 aromatic heterocycles. The maximum atomic E-state index is 13.2. The van der Waals surface area contributed by atoms with Gasteiger partial charge in [-0.2, -0.15) is 0 Å². The van der Waals surface area contributed by atoms with E-state index < -0.39 is 23.7 Å². The predicted molar refractivity (Wildman–Crippen MR) is 128 cm³/mol. The van der Waals surface area contributed by atoms with Gasteiger partial charge in [-0.25, -0.2) is 9.78 Å². The van der Waals surface area contributed by atoms with Gasteiger partial charge in [0, 0.05) is 23.0 Å². The fourth-order valence-electron chi connectivity index (χ4n) is 3.56. The smallest absolute Gasteiger partial charge is 0.350 e. The lowest BCUT2D eigenvalue weighted by molar-refractivity contribution is -0.132. The van der Waals surface area contributed by atoms with Gasteiger partial charge in [0.1, 0.15) is 17.2 Å². The van der Waals surface area contributed by atoms with Crippen LogP contribution in [0.1, 0.15) is 32.5 Å². The summed E-state index contributed by atoms with van der Waals surface area (Å²) in [6.45, 7) is 5.13. The highest BCUT2D eigenvalue weighted by Gasteiger charge is 2.48. The van der Waals surface area contributed by atoms with E-state index in [1.165, 1.54) is 35.5 Å². The number of aryl methyl sites for hydroxylation is 1. The number of esters is 1. The molecule has 1 N–H and O–H groups in total. The minimum atomic E-state index is -1.02. The van der Waals surface area contributed by atoms with Crippen LogP contribution in [-0.4, -0.2) is 39.3 Å². The average molecular weight is 496 g/mol. The number of aliphatic hydroxyl groups excluding tert-OH is 1. The van der Waals surface area contributed by atoms with Crippen molar-refractivity contribution in [3.8, 4) is 0 Å².